The Morgan fingerprint density at radius 2 is 1.82 bits per heavy atom. The molecular formula is C25H33N5O2S. The first-order valence-electron chi connectivity index (χ1n) is 10.9. The molecule has 1 heterocycles. The highest BCUT2D eigenvalue weighted by molar-refractivity contribution is 7.99. The minimum Gasteiger partial charge on any atom is -0.486 e. The molecule has 8 heteroatoms. The van der Waals surface area contributed by atoms with Crippen molar-refractivity contribution in [1.82, 2.24) is 19.8 Å². The molecule has 0 aliphatic rings. The Kier molecular flexibility index (Phi) is 7.68. The van der Waals surface area contributed by atoms with Crippen molar-refractivity contribution >= 4 is 17.7 Å². The Morgan fingerprint density at radius 1 is 1.12 bits per heavy atom. The van der Waals surface area contributed by atoms with Gasteiger partial charge in [0, 0.05) is 13.6 Å². The Labute approximate surface area is 200 Å². The van der Waals surface area contributed by atoms with E-state index in [1.54, 1.807) is 11.9 Å². The van der Waals surface area contributed by atoms with Crippen molar-refractivity contribution in [2.75, 3.05) is 18.6 Å². The lowest BCUT2D eigenvalue weighted by molar-refractivity contribution is -0.127. The highest BCUT2D eigenvalue weighted by Crippen LogP contribution is 2.25. The lowest BCUT2D eigenvalue weighted by atomic mass is 9.87. The molecule has 0 unspecified atom stereocenters. The Balaban J connectivity index is 1.52. The van der Waals surface area contributed by atoms with Crippen LogP contribution in [0.5, 0.6) is 5.75 Å². The Morgan fingerprint density at radius 3 is 2.45 bits per heavy atom. The zero-order chi connectivity index (χ0) is 24.2. The number of nitrogen functional groups attached to an aromatic ring is 1. The van der Waals surface area contributed by atoms with Crippen LogP contribution in [0.25, 0.3) is 0 Å². The fraction of sp³-hybridized carbons (Fsp3) is 0.400. The zero-order valence-electron chi connectivity index (χ0n) is 20.3. The smallest absolute Gasteiger partial charge is 0.233 e. The van der Waals surface area contributed by atoms with Crippen LogP contribution in [-0.4, -0.2) is 38.5 Å². The van der Waals surface area contributed by atoms with Gasteiger partial charge in [0.1, 0.15) is 12.4 Å². The summed E-state index contributed by atoms with van der Waals surface area (Å²) in [6, 6.07) is 14.3. The molecule has 1 amide bonds. The fourth-order valence-corrected chi connectivity index (χ4v) is 4.12. The highest BCUT2D eigenvalue weighted by atomic mass is 32.2. The summed E-state index contributed by atoms with van der Waals surface area (Å²) in [6.45, 7) is 11.4. The normalized spacial score (nSPS) is 11.5. The summed E-state index contributed by atoms with van der Waals surface area (Å²) in [4.78, 5) is 14.3. The van der Waals surface area contributed by atoms with Crippen LogP contribution in [0.15, 0.2) is 47.6 Å². The van der Waals surface area contributed by atoms with Gasteiger partial charge in [-0.1, -0.05) is 68.4 Å². The Hall–Kier alpha value is -3.00. The molecule has 3 aromatic rings. The monoisotopic (exact) mass is 467 g/mol. The van der Waals surface area contributed by atoms with Gasteiger partial charge in [-0.15, -0.1) is 10.2 Å². The van der Waals surface area contributed by atoms with Crippen LogP contribution in [0.2, 0.25) is 0 Å². The van der Waals surface area contributed by atoms with E-state index in [1.165, 1.54) is 33.1 Å². The number of aromatic nitrogens is 3. The van der Waals surface area contributed by atoms with Crippen LogP contribution < -0.4 is 10.6 Å². The molecule has 2 aromatic carbocycles. The number of hydrogen-bond acceptors (Lipinski definition) is 6. The standard InChI is InChI=1S/C25H33N5O2S/c1-17-7-8-19(18(2)13-17)14-29(6)23(31)16-33-24-28-27-22(30(24)26)15-32-21-11-9-20(10-12-21)25(3,4)5/h7-13H,14-16,26H2,1-6H3. The molecule has 33 heavy (non-hydrogen) atoms. The largest absolute Gasteiger partial charge is 0.486 e. The molecule has 0 fully saturated rings. The number of nitrogens with zero attached hydrogens (tertiary/aromatic N) is 4. The van der Waals surface area contributed by atoms with E-state index < -0.39 is 0 Å². The number of benzene rings is 2. The molecule has 0 bridgehead atoms. The molecule has 0 radical (unpaired) electrons. The number of ether oxygens (including phenoxy) is 1. The minimum atomic E-state index is -0.000266. The second-order valence-corrected chi connectivity index (χ2v) is 10.2. The second-order valence-electron chi connectivity index (χ2n) is 9.30. The quantitative estimate of drug-likeness (QED) is 0.394. The van der Waals surface area contributed by atoms with Gasteiger partial charge in [0.05, 0.1) is 5.75 Å². The molecule has 3 rings (SSSR count). The highest BCUT2D eigenvalue weighted by Gasteiger charge is 2.16. The second kappa shape index (κ2) is 10.3. The molecule has 7 nitrogen and oxygen atoms in total. The van der Waals surface area contributed by atoms with Gasteiger partial charge >= 0.3 is 0 Å². The van der Waals surface area contributed by atoms with Crippen molar-refractivity contribution in [2.24, 2.45) is 0 Å². The molecule has 1 aromatic heterocycles. The van der Waals surface area contributed by atoms with E-state index in [0.717, 1.165) is 11.3 Å². The molecular weight excluding hydrogens is 434 g/mol. The van der Waals surface area contributed by atoms with Crippen molar-refractivity contribution in [2.45, 2.75) is 58.3 Å². The van der Waals surface area contributed by atoms with Crippen LogP contribution >= 0.6 is 11.8 Å². The van der Waals surface area contributed by atoms with Crippen molar-refractivity contribution in [1.29, 1.82) is 0 Å². The number of hydrogen-bond donors (Lipinski definition) is 1. The first kappa shape index (κ1) is 24.6. The predicted octanol–water partition coefficient (Wildman–Crippen LogP) is 4.24. The van der Waals surface area contributed by atoms with E-state index in [2.05, 4.69) is 75.1 Å². The van der Waals surface area contributed by atoms with Gasteiger partial charge in [-0.25, -0.2) is 4.68 Å². The summed E-state index contributed by atoms with van der Waals surface area (Å²) in [6.07, 6.45) is 0. The van der Waals surface area contributed by atoms with E-state index in [4.69, 9.17) is 10.6 Å². The van der Waals surface area contributed by atoms with Gasteiger partial charge in [0.2, 0.25) is 11.1 Å². The van der Waals surface area contributed by atoms with E-state index in [-0.39, 0.29) is 23.7 Å². The first-order valence-corrected chi connectivity index (χ1v) is 11.9. The van der Waals surface area contributed by atoms with Crippen molar-refractivity contribution < 1.29 is 9.53 Å². The predicted molar refractivity (Wildman–Crippen MR) is 133 cm³/mol. The number of aryl methyl sites for hydroxylation is 2. The lowest BCUT2D eigenvalue weighted by Crippen LogP contribution is -2.28. The van der Waals surface area contributed by atoms with Crippen LogP contribution in [0.1, 0.15) is 48.8 Å². The molecule has 0 saturated heterocycles. The van der Waals surface area contributed by atoms with Crippen LogP contribution in [0.3, 0.4) is 0 Å². The number of amides is 1. The molecule has 0 aliphatic heterocycles. The third kappa shape index (κ3) is 6.51. The summed E-state index contributed by atoms with van der Waals surface area (Å²) in [5.41, 5.74) is 4.86. The average molecular weight is 468 g/mol. The van der Waals surface area contributed by atoms with E-state index in [1.807, 2.05) is 12.1 Å². The van der Waals surface area contributed by atoms with Gasteiger partial charge in [0.15, 0.2) is 5.82 Å². The summed E-state index contributed by atoms with van der Waals surface area (Å²) >= 11 is 1.27. The van der Waals surface area contributed by atoms with Crippen LogP contribution in [-0.2, 0) is 23.4 Å². The van der Waals surface area contributed by atoms with Gasteiger partial charge in [-0.2, -0.15) is 0 Å². The summed E-state index contributed by atoms with van der Waals surface area (Å²) in [7, 11) is 1.81. The Bertz CT molecular complexity index is 1100. The number of thioether (sulfide) groups is 1. The molecule has 0 atom stereocenters. The maximum absolute atomic E-state index is 12.6. The van der Waals surface area contributed by atoms with E-state index >= 15 is 0 Å². The molecule has 0 aliphatic carbocycles. The third-order valence-electron chi connectivity index (χ3n) is 5.48. The van der Waals surface area contributed by atoms with Gasteiger partial charge in [0.25, 0.3) is 0 Å². The lowest BCUT2D eigenvalue weighted by Gasteiger charge is -2.19. The van der Waals surface area contributed by atoms with Gasteiger partial charge < -0.3 is 15.5 Å². The molecule has 0 saturated carbocycles. The topological polar surface area (TPSA) is 86.3 Å². The van der Waals surface area contributed by atoms with Crippen LogP contribution in [0.4, 0.5) is 0 Å². The van der Waals surface area contributed by atoms with Crippen molar-refractivity contribution in [3.05, 3.63) is 70.5 Å². The van der Waals surface area contributed by atoms with Gasteiger partial charge in [-0.05, 0) is 48.1 Å². The van der Waals surface area contributed by atoms with E-state index in [9.17, 15) is 4.79 Å². The first-order chi connectivity index (χ1) is 15.5. The van der Waals surface area contributed by atoms with Crippen molar-refractivity contribution in [3.8, 4) is 5.75 Å². The van der Waals surface area contributed by atoms with Gasteiger partial charge in [-0.3, -0.25) is 4.79 Å². The summed E-state index contributed by atoms with van der Waals surface area (Å²) in [5.74, 6) is 7.60. The molecule has 176 valence electrons. The fourth-order valence-electron chi connectivity index (χ4n) is 3.31. The molecule has 2 N–H and O–H groups in total. The maximum Gasteiger partial charge on any atom is 0.233 e. The minimum absolute atomic E-state index is 0.000266. The van der Waals surface area contributed by atoms with Crippen molar-refractivity contribution in [3.63, 3.8) is 0 Å². The SMILES string of the molecule is Cc1ccc(CN(C)C(=O)CSc2nnc(COc3ccc(C(C)(C)C)cc3)n2N)c(C)c1. The third-order valence-corrected chi connectivity index (χ3v) is 6.41. The number of carbonyl (C=O) groups excluding carboxylic acids is 1. The summed E-state index contributed by atoms with van der Waals surface area (Å²) < 4.78 is 7.20. The van der Waals surface area contributed by atoms with E-state index in [0.29, 0.717) is 17.5 Å². The number of rotatable bonds is 8. The summed E-state index contributed by atoms with van der Waals surface area (Å²) in [5, 5.41) is 8.71. The zero-order valence-corrected chi connectivity index (χ0v) is 21.1. The molecule has 0 spiro atoms. The van der Waals surface area contributed by atoms with Crippen LogP contribution in [0, 0.1) is 13.8 Å². The number of nitrogens with two attached hydrogens (primary N) is 1. The number of carbonyl (C=O) groups is 1. The average Bonchev–Trinajstić information content (AvgIpc) is 3.11. The maximum atomic E-state index is 12.6.